The standard InChI is InChI=1S/C27H21ClN2O8/c1-16-11-21(7-9-24(16)28)37-23-13-18(12-19(14-23)30(33)34)29-26(31)25-10-8-22(38-25)15-36-20-5-3-17(4-6-20)27(32)35-2/h3-14H,15H2,1-2H3,(H,29,31). The summed E-state index contributed by atoms with van der Waals surface area (Å²) in [4.78, 5) is 35.1. The molecule has 0 unspecified atom stereocenters. The lowest BCUT2D eigenvalue weighted by Crippen LogP contribution is -2.11. The Morgan fingerprint density at radius 2 is 1.71 bits per heavy atom. The van der Waals surface area contributed by atoms with Gasteiger partial charge in [-0.25, -0.2) is 4.79 Å². The number of methoxy groups -OCH3 is 1. The Morgan fingerprint density at radius 1 is 0.974 bits per heavy atom. The number of nitro benzene ring substituents is 1. The molecule has 0 spiro atoms. The Morgan fingerprint density at radius 3 is 2.39 bits per heavy atom. The predicted octanol–water partition coefficient (Wildman–Crippen LogP) is 6.56. The highest BCUT2D eigenvalue weighted by atomic mass is 35.5. The lowest BCUT2D eigenvalue weighted by Gasteiger charge is -2.10. The number of amides is 1. The highest BCUT2D eigenvalue weighted by Crippen LogP contribution is 2.31. The van der Waals surface area contributed by atoms with Crippen molar-refractivity contribution in [1.82, 2.24) is 0 Å². The molecule has 3 aromatic carbocycles. The fraction of sp³-hybridized carbons (Fsp3) is 0.111. The predicted molar refractivity (Wildman–Crippen MR) is 138 cm³/mol. The summed E-state index contributed by atoms with van der Waals surface area (Å²) in [6, 6.07) is 18.3. The number of nitrogens with zero attached hydrogens (tertiary/aromatic N) is 1. The van der Waals surface area contributed by atoms with E-state index in [1.54, 1.807) is 55.5 Å². The monoisotopic (exact) mass is 536 g/mol. The fourth-order valence-corrected chi connectivity index (χ4v) is 3.48. The number of furan rings is 1. The first kappa shape index (κ1) is 26.2. The second-order valence-electron chi connectivity index (χ2n) is 8.01. The van der Waals surface area contributed by atoms with Gasteiger partial charge in [-0.05, 0) is 67.1 Å². The van der Waals surface area contributed by atoms with E-state index in [0.717, 1.165) is 5.56 Å². The van der Waals surface area contributed by atoms with Crippen LogP contribution in [0, 0.1) is 17.0 Å². The number of non-ortho nitro benzene ring substituents is 1. The average molecular weight is 537 g/mol. The summed E-state index contributed by atoms with van der Waals surface area (Å²) >= 11 is 6.04. The number of hydrogen-bond donors (Lipinski definition) is 1. The van der Waals surface area contributed by atoms with Gasteiger partial charge in [-0.3, -0.25) is 14.9 Å². The van der Waals surface area contributed by atoms with Crippen molar-refractivity contribution in [2.75, 3.05) is 12.4 Å². The third-order valence-electron chi connectivity index (χ3n) is 5.27. The molecule has 1 amide bonds. The van der Waals surface area contributed by atoms with Crippen molar-refractivity contribution in [3.05, 3.63) is 111 Å². The maximum atomic E-state index is 12.7. The highest BCUT2D eigenvalue weighted by Gasteiger charge is 2.17. The topological polar surface area (TPSA) is 130 Å². The zero-order valence-electron chi connectivity index (χ0n) is 20.2. The summed E-state index contributed by atoms with van der Waals surface area (Å²) in [6.45, 7) is 1.83. The van der Waals surface area contributed by atoms with Crippen LogP contribution in [0.3, 0.4) is 0 Å². The molecule has 4 aromatic rings. The Balaban J connectivity index is 1.43. The highest BCUT2D eigenvalue weighted by molar-refractivity contribution is 6.31. The zero-order valence-corrected chi connectivity index (χ0v) is 21.0. The number of aryl methyl sites for hydroxylation is 1. The zero-order chi connectivity index (χ0) is 27.2. The lowest BCUT2D eigenvalue weighted by atomic mass is 10.2. The molecule has 4 rings (SSSR count). The maximum Gasteiger partial charge on any atom is 0.337 e. The van der Waals surface area contributed by atoms with E-state index in [1.807, 2.05) is 0 Å². The van der Waals surface area contributed by atoms with Gasteiger partial charge in [0.2, 0.25) is 0 Å². The number of hydrogen-bond acceptors (Lipinski definition) is 8. The number of carbonyl (C=O) groups excluding carboxylic acids is 2. The molecule has 1 aromatic heterocycles. The van der Waals surface area contributed by atoms with E-state index < -0.39 is 16.8 Å². The van der Waals surface area contributed by atoms with Crippen molar-refractivity contribution in [2.24, 2.45) is 0 Å². The van der Waals surface area contributed by atoms with Gasteiger partial charge in [0.25, 0.3) is 11.6 Å². The lowest BCUT2D eigenvalue weighted by molar-refractivity contribution is -0.384. The Bertz CT molecular complexity index is 1500. The second-order valence-corrected chi connectivity index (χ2v) is 8.42. The van der Waals surface area contributed by atoms with Gasteiger partial charge in [0.15, 0.2) is 5.76 Å². The molecule has 194 valence electrons. The largest absolute Gasteiger partial charge is 0.486 e. The van der Waals surface area contributed by atoms with E-state index in [-0.39, 0.29) is 29.5 Å². The van der Waals surface area contributed by atoms with E-state index >= 15 is 0 Å². The molecule has 0 atom stereocenters. The molecular weight excluding hydrogens is 516 g/mol. The van der Waals surface area contributed by atoms with Gasteiger partial charge in [-0.2, -0.15) is 0 Å². The van der Waals surface area contributed by atoms with Gasteiger partial charge in [0.05, 0.1) is 29.4 Å². The van der Waals surface area contributed by atoms with Gasteiger partial charge in [0.1, 0.15) is 29.6 Å². The van der Waals surface area contributed by atoms with Crippen LogP contribution in [0.1, 0.15) is 32.2 Å². The molecule has 1 heterocycles. The molecule has 0 aliphatic rings. The molecule has 0 aliphatic heterocycles. The van der Waals surface area contributed by atoms with Crippen LogP contribution < -0.4 is 14.8 Å². The Kier molecular flexibility index (Phi) is 7.93. The van der Waals surface area contributed by atoms with Gasteiger partial charge in [-0.1, -0.05) is 11.6 Å². The molecule has 0 aliphatic carbocycles. The van der Waals surface area contributed by atoms with E-state index in [9.17, 15) is 19.7 Å². The summed E-state index contributed by atoms with van der Waals surface area (Å²) in [7, 11) is 1.30. The Labute approximate surface area is 221 Å². The average Bonchev–Trinajstić information content (AvgIpc) is 3.39. The van der Waals surface area contributed by atoms with Crippen LogP contribution in [0.5, 0.6) is 17.2 Å². The quantitative estimate of drug-likeness (QED) is 0.144. The Hall–Kier alpha value is -4.83. The number of halogens is 1. The van der Waals surface area contributed by atoms with Crippen LogP contribution in [-0.2, 0) is 11.3 Å². The van der Waals surface area contributed by atoms with Crippen molar-refractivity contribution < 1.29 is 33.1 Å². The summed E-state index contributed by atoms with van der Waals surface area (Å²) in [5.74, 6) is 0.344. The minimum atomic E-state index is -0.618. The first-order chi connectivity index (χ1) is 18.2. The maximum absolute atomic E-state index is 12.7. The van der Waals surface area contributed by atoms with Crippen LogP contribution in [0.15, 0.2) is 77.2 Å². The number of anilines is 1. The van der Waals surface area contributed by atoms with Gasteiger partial charge < -0.3 is 23.9 Å². The number of ether oxygens (including phenoxy) is 3. The number of benzene rings is 3. The van der Waals surface area contributed by atoms with Crippen LogP contribution >= 0.6 is 11.6 Å². The molecule has 0 radical (unpaired) electrons. The second kappa shape index (κ2) is 11.5. The first-order valence-corrected chi connectivity index (χ1v) is 11.5. The van der Waals surface area contributed by atoms with Gasteiger partial charge >= 0.3 is 5.97 Å². The number of esters is 1. The van der Waals surface area contributed by atoms with Crippen molar-refractivity contribution in [3.63, 3.8) is 0 Å². The third-order valence-corrected chi connectivity index (χ3v) is 5.69. The minimum Gasteiger partial charge on any atom is -0.486 e. The van der Waals surface area contributed by atoms with Crippen LogP contribution in [0.4, 0.5) is 11.4 Å². The molecule has 0 fully saturated rings. The summed E-state index contributed by atoms with van der Waals surface area (Å²) in [5.41, 5.74) is 1.04. The van der Waals surface area contributed by atoms with Crippen molar-refractivity contribution in [3.8, 4) is 17.2 Å². The summed E-state index contributed by atoms with van der Waals surface area (Å²) < 4.78 is 21.6. The third kappa shape index (κ3) is 6.48. The first-order valence-electron chi connectivity index (χ1n) is 11.2. The molecule has 11 heteroatoms. The normalized spacial score (nSPS) is 10.5. The number of carbonyl (C=O) groups is 2. The van der Waals surface area contributed by atoms with Crippen molar-refractivity contribution in [1.29, 1.82) is 0 Å². The van der Waals surface area contributed by atoms with Crippen LogP contribution in [0.25, 0.3) is 0 Å². The van der Waals surface area contributed by atoms with E-state index in [1.165, 1.54) is 31.4 Å². The minimum absolute atomic E-state index is 0.0214. The van der Waals surface area contributed by atoms with E-state index in [2.05, 4.69) is 10.1 Å². The molecule has 0 saturated heterocycles. The van der Waals surface area contributed by atoms with Crippen molar-refractivity contribution in [2.45, 2.75) is 13.5 Å². The fourth-order valence-electron chi connectivity index (χ4n) is 3.37. The summed E-state index contributed by atoms with van der Waals surface area (Å²) in [5, 5.41) is 14.6. The van der Waals surface area contributed by atoms with Crippen molar-refractivity contribution >= 4 is 34.9 Å². The SMILES string of the molecule is COC(=O)c1ccc(OCc2ccc(C(=O)Nc3cc(Oc4ccc(Cl)c(C)c4)cc([N+](=O)[O-])c3)o2)cc1. The number of nitrogens with one attached hydrogen (secondary N) is 1. The van der Waals surface area contributed by atoms with Gasteiger partial charge in [-0.15, -0.1) is 0 Å². The van der Waals surface area contributed by atoms with Gasteiger partial charge in [0, 0.05) is 17.2 Å². The number of rotatable bonds is 9. The van der Waals surface area contributed by atoms with E-state index in [4.69, 9.17) is 25.5 Å². The number of nitro groups is 1. The van der Waals surface area contributed by atoms with Crippen LogP contribution in [-0.4, -0.2) is 23.9 Å². The molecule has 10 nitrogen and oxygen atoms in total. The molecule has 0 bridgehead atoms. The van der Waals surface area contributed by atoms with E-state index in [0.29, 0.717) is 27.8 Å². The smallest absolute Gasteiger partial charge is 0.337 e. The molecular formula is C27H21ClN2O8. The molecule has 38 heavy (non-hydrogen) atoms. The van der Waals surface area contributed by atoms with Crippen LogP contribution in [0.2, 0.25) is 5.02 Å². The molecule has 1 N–H and O–H groups in total. The summed E-state index contributed by atoms with van der Waals surface area (Å²) in [6.07, 6.45) is 0. The molecule has 0 saturated carbocycles.